The smallest absolute Gasteiger partial charge is 0.389 e. The zero-order valence-corrected chi connectivity index (χ0v) is 10.2. The van der Waals surface area contributed by atoms with Crippen molar-refractivity contribution in [3.63, 3.8) is 0 Å². The van der Waals surface area contributed by atoms with Crippen molar-refractivity contribution in [2.75, 3.05) is 5.73 Å². The lowest BCUT2D eigenvalue weighted by molar-refractivity contribution is -0.136. The summed E-state index contributed by atoms with van der Waals surface area (Å²) >= 11 is 0. The van der Waals surface area contributed by atoms with Crippen molar-refractivity contribution in [3.05, 3.63) is 24.0 Å². The van der Waals surface area contributed by atoms with E-state index in [9.17, 15) is 17.6 Å². The molecule has 0 unspecified atom stereocenters. The summed E-state index contributed by atoms with van der Waals surface area (Å²) in [7, 11) is 0. The van der Waals surface area contributed by atoms with Crippen LogP contribution in [0.3, 0.4) is 0 Å². The summed E-state index contributed by atoms with van der Waals surface area (Å²) in [4.78, 5) is 0. The van der Waals surface area contributed by atoms with Gasteiger partial charge in [0, 0.05) is 24.2 Å². The van der Waals surface area contributed by atoms with E-state index in [-0.39, 0.29) is 30.0 Å². The number of hydrogen-bond donors (Lipinski definition) is 1. The van der Waals surface area contributed by atoms with Crippen LogP contribution in [0.15, 0.2) is 18.2 Å². The van der Waals surface area contributed by atoms with Gasteiger partial charge in [-0.1, -0.05) is 0 Å². The number of aryl methyl sites for hydroxylation is 1. The standard InChI is InChI=1S/C11H11F4N5/c12-7-2-3-9(16)8(6-7)10-17-18-19-20(10)5-1-4-11(13,14)15/h2-3,6H,1,4-5,16H2. The van der Waals surface area contributed by atoms with Crippen LogP contribution in [0, 0.1) is 5.82 Å². The highest BCUT2D eigenvalue weighted by atomic mass is 19.4. The minimum absolute atomic E-state index is 0.0300. The van der Waals surface area contributed by atoms with Gasteiger partial charge in [0.25, 0.3) is 0 Å². The Morgan fingerprint density at radius 2 is 2.00 bits per heavy atom. The number of tetrazole rings is 1. The minimum Gasteiger partial charge on any atom is -0.398 e. The van der Waals surface area contributed by atoms with Crippen LogP contribution in [0.1, 0.15) is 12.8 Å². The van der Waals surface area contributed by atoms with Crippen LogP contribution >= 0.6 is 0 Å². The van der Waals surface area contributed by atoms with E-state index in [2.05, 4.69) is 15.5 Å². The number of alkyl halides is 3. The molecule has 0 fully saturated rings. The fourth-order valence-electron chi connectivity index (χ4n) is 1.70. The summed E-state index contributed by atoms with van der Waals surface area (Å²) in [5, 5.41) is 10.7. The first-order valence-corrected chi connectivity index (χ1v) is 5.75. The van der Waals surface area contributed by atoms with Gasteiger partial charge in [-0.25, -0.2) is 9.07 Å². The van der Waals surface area contributed by atoms with Crippen molar-refractivity contribution in [2.24, 2.45) is 0 Å². The Morgan fingerprint density at radius 3 is 2.70 bits per heavy atom. The van der Waals surface area contributed by atoms with Crippen molar-refractivity contribution < 1.29 is 17.6 Å². The molecule has 2 N–H and O–H groups in total. The highest BCUT2D eigenvalue weighted by Gasteiger charge is 2.26. The second kappa shape index (κ2) is 5.43. The number of hydrogen-bond acceptors (Lipinski definition) is 4. The Labute approximate surface area is 111 Å². The van der Waals surface area contributed by atoms with Gasteiger partial charge < -0.3 is 5.73 Å². The molecule has 0 radical (unpaired) electrons. The van der Waals surface area contributed by atoms with E-state index in [1.807, 2.05) is 0 Å². The summed E-state index contributed by atoms with van der Waals surface area (Å²) in [5.41, 5.74) is 6.19. The highest BCUT2D eigenvalue weighted by Crippen LogP contribution is 2.25. The number of aromatic nitrogens is 4. The lowest BCUT2D eigenvalue weighted by Gasteiger charge is -2.08. The van der Waals surface area contributed by atoms with Gasteiger partial charge in [-0.05, 0) is 35.0 Å². The third-order valence-corrected chi connectivity index (χ3v) is 2.62. The molecule has 0 aliphatic heterocycles. The average molecular weight is 289 g/mol. The minimum atomic E-state index is -4.23. The van der Waals surface area contributed by atoms with Gasteiger partial charge in [0.1, 0.15) is 5.82 Å². The molecule has 1 heterocycles. The van der Waals surface area contributed by atoms with Crippen LogP contribution in [0.4, 0.5) is 23.2 Å². The Kier molecular flexibility index (Phi) is 3.86. The van der Waals surface area contributed by atoms with E-state index in [0.29, 0.717) is 0 Å². The maximum absolute atomic E-state index is 13.2. The Bertz CT molecular complexity index is 593. The zero-order chi connectivity index (χ0) is 14.8. The fraction of sp³-hybridized carbons (Fsp3) is 0.364. The van der Waals surface area contributed by atoms with Gasteiger partial charge in [0.2, 0.25) is 0 Å². The van der Waals surface area contributed by atoms with E-state index in [4.69, 9.17) is 5.73 Å². The molecule has 20 heavy (non-hydrogen) atoms. The van der Waals surface area contributed by atoms with Gasteiger partial charge in [-0.15, -0.1) is 5.10 Å². The highest BCUT2D eigenvalue weighted by molar-refractivity contribution is 5.71. The molecule has 1 aromatic heterocycles. The van der Waals surface area contributed by atoms with Gasteiger partial charge in [0.05, 0.1) is 0 Å². The Balaban J connectivity index is 2.18. The number of nitrogens with zero attached hydrogens (tertiary/aromatic N) is 4. The molecule has 0 atom stereocenters. The third-order valence-electron chi connectivity index (χ3n) is 2.62. The van der Waals surface area contributed by atoms with E-state index in [1.54, 1.807) is 0 Å². The normalized spacial score (nSPS) is 11.8. The summed E-state index contributed by atoms with van der Waals surface area (Å²) in [6, 6.07) is 3.66. The van der Waals surface area contributed by atoms with Crippen LogP contribution in [0.2, 0.25) is 0 Å². The molecule has 0 amide bonds. The van der Waals surface area contributed by atoms with Crippen LogP contribution in [0.5, 0.6) is 0 Å². The van der Waals surface area contributed by atoms with Crippen molar-refractivity contribution in [1.82, 2.24) is 20.2 Å². The molecule has 0 bridgehead atoms. The number of anilines is 1. The molecule has 0 saturated carbocycles. The zero-order valence-electron chi connectivity index (χ0n) is 10.2. The van der Waals surface area contributed by atoms with Crippen LogP contribution in [0.25, 0.3) is 11.4 Å². The predicted octanol–water partition coefficient (Wildman–Crippen LogP) is 2.40. The molecule has 5 nitrogen and oxygen atoms in total. The van der Waals surface area contributed by atoms with Crippen molar-refractivity contribution in [3.8, 4) is 11.4 Å². The van der Waals surface area contributed by atoms with Gasteiger partial charge in [0.15, 0.2) is 5.82 Å². The second-order valence-corrected chi connectivity index (χ2v) is 4.18. The maximum Gasteiger partial charge on any atom is 0.389 e. The van der Waals surface area contributed by atoms with E-state index >= 15 is 0 Å². The summed E-state index contributed by atoms with van der Waals surface area (Å²) in [5.74, 6) is -0.386. The van der Waals surface area contributed by atoms with E-state index in [0.717, 1.165) is 6.07 Å². The molecular formula is C11H11F4N5. The van der Waals surface area contributed by atoms with Gasteiger partial charge >= 0.3 is 6.18 Å². The van der Waals surface area contributed by atoms with E-state index in [1.165, 1.54) is 16.8 Å². The molecule has 0 aliphatic carbocycles. The fourth-order valence-corrected chi connectivity index (χ4v) is 1.70. The predicted molar refractivity (Wildman–Crippen MR) is 62.9 cm³/mol. The van der Waals surface area contributed by atoms with Crippen LogP contribution in [-0.2, 0) is 6.54 Å². The molecular weight excluding hydrogens is 278 g/mol. The quantitative estimate of drug-likeness (QED) is 0.693. The van der Waals surface area contributed by atoms with Crippen LogP contribution < -0.4 is 5.73 Å². The number of halogens is 4. The molecule has 0 saturated heterocycles. The lowest BCUT2D eigenvalue weighted by atomic mass is 10.1. The van der Waals surface area contributed by atoms with Crippen molar-refractivity contribution in [2.45, 2.75) is 25.6 Å². The lowest BCUT2D eigenvalue weighted by Crippen LogP contribution is -2.11. The summed E-state index contributed by atoms with van der Waals surface area (Å²) < 4.78 is 50.7. The van der Waals surface area contributed by atoms with Gasteiger partial charge in [-0.2, -0.15) is 13.2 Å². The number of rotatable bonds is 4. The molecule has 0 aliphatic rings. The average Bonchev–Trinajstić information content (AvgIpc) is 2.79. The Hall–Kier alpha value is -2.19. The Morgan fingerprint density at radius 1 is 1.25 bits per heavy atom. The second-order valence-electron chi connectivity index (χ2n) is 4.18. The first-order valence-electron chi connectivity index (χ1n) is 5.75. The molecule has 2 aromatic rings. The summed E-state index contributed by atoms with van der Waals surface area (Å²) in [6.07, 6.45) is -5.34. The third kappa shape index (κ3) is 3.43. The van der Waals surface area contributed by atoms with Crippen molar-refractivity contribution in [1.29, 1.82) is 0 Å². The van der Waals surface area contributed by atoms with Crippen LogP contribution in [-0.4, -0.2) is 26.4 Å². The van der Waals surface area contributed by atoms with Crippen molar-refractivity contribution >= 4 is 5.69 Å². The number of benzene rings is 1. The number of nitrogens with two attached hydrogens (primary N) is 1. The first-order chi connectivity index (χ1) is 9.37. The monoisotopic (exact) mass is 289 g/mol. The molecule has 1 aromatic carbocycles. The first kappa shape index (κ1) is 14.2. The molecule has 2 rings (SSSR count). The molecule has 108 valence electrons. The topological polar surface area (TPSA) is 69.6 Å². The van der Waals surface area contributed by atoms with E-state index < -0.39 is 18.4 Å². The molecule has 0 spiro atoms. The number of nitrogen functional groups attached to an aromatic ring is 1. The molecule has 9 heteroatoms. The summed E-state index contributed by atoms with van der Waals surface area (Å²) in [6.45, 7) is -0.0300. The van der Waals surface area contributed by atoms with Gasteiger partial charge in [-0.3, -0.25) is 0 Å². The largest absolute Gasteiger partial charge is 0.398 e. The maximum atomic E-state index is 13.2. The SMILES string of the molecule is Nc1ccc(F)cc1-c1nnnn1CCCC(F)(F)F.